The van der Waals surface area contributed by atoms with Crippen molar-refractivity contribution >= 4 is 56.1 Å². The number of carbonyl (C=O) groups is 3. The van der Waals surface area contributed by atoms with Gasteiger partial charge in [0, 0.05) is 75.9 Å². The first-order chi connectivity index (χ1) is 21.3. The maximum absolute atomic E-state index is 14.9. The molecule has 0 atom stereocenters. The van der Waals surface area contributed by atoms with Crippen molar-refractivity contribution in [1.82, 2.24) is 25.1 Å². The van der Waals surface area contributed by atoms with Gasteiger partial charge in [-0.05, 0) is 42.7 Å². The minimum absolute atomic E-state index is 0.00690. The summed E-state index contributed by atoms with van der Waals surface area (Å²) in [5, 5.41) is 5.41. The SMILES string of the molecule is CC(=O)SCC(=O)N1CCN(Cc2ccc(-c3cc4nccc(Oc5ccc(NC(=O)NC6CC6)cc5F)c4s3)nc2)CC1. The first kappa shape index (κ1) is 30.0. The Labute approximate surface area is 262 Å². The average Bonchev–Trinajstić information content (AvgIpc) is 3.71. The quantitative estimate of drug-likeness (QED) is 0.248. The molecule has 1 aliphatic heterocycles. The molecule has 10 nitrogen and oxygen atoms in total. The first-order valence-corrected chi connectivity index (χ1v) is 16.1. The van der Waals surface area contributed by atoms with Gasteiger partial charge < -0.3 is 20.3 Å². The Morgan fingerprint density at radius 3 is 2.57 bits per heavy atom. The molecule has 2 aliphatic rings. The van der Waals surface area contributed by atoms with Crippen LogP contribution < -0.4 is 15.4 Å². The number of hydrogen-bond acceptors (Lipinski definition) is 9. The third-order valence-electron chi connectivity index (χ3n) is 7.31. The van der Waals surface area contributed by atoms with E-state index in [4.69, 9.17) is 9.72 Å². The van der Waals surface area contributed by atoms with E-state index in [1.165, 1.54) is 30.4 Å². The average molecular weight is 635 g/mol. The summed E-state index contributed by atoms with van der Waals surface area (Å²) in [6.45, 7) is 5.02. The fraction of sp³-hybridized carbons (Fsp3) is 0.323. The number of aromatic nitrogens is 2. The number of halogens is 1. The number of hydrogen-bond donors (Lipinski definition) is 2. The third kappa shape index (κ3) is 7.52. The van der Waals surface area contributed by atoms with Crippen LogP contribution in [0.4, 0.5) is 14.9 Å². The van der Waals surface area contributed by atoms with E-state index < -0.39 is 5.82 Å². The standard InChI is InChI=1S/C31H31FN6O4S2/c1-19(39)43-18-29(40)38-12-10-37(11-13-38)17-20-2-6-24(34-16-20)28-15-25-30(44-28)27(8-9-33-25)42-26-7-5-22(14-23(26)32)36-31(41)35-21-3-4-21/h2,5-9,14-16,21H,3-4,10-13,17-18H2,1H3,(H2,35,36,41). The van der Waals surface area contributed by atoms with Crippen LogP contribution in [0.25, 0.3) is 20.8 Å². The van der Waals surface area contributed by atoms with Crippen LogP contribution in [0.15, 0.2) is 54.9 Å². The Kier molecular flexibility index (Phi) is 9.05. The van der Waals surface area contributed by atoms with Crippen LogP contribution in [0.5, 0.6) is 11.5 Å². The van der Waals surface area contributed by atoms with Gasteiger partial charge in [-0.2, -0.15) is 0 Å². The summed E-state index contributed by atoms with van der Waals surface area (Å²) in [5.41, 5.74) is 2.94. The van der Waals surface area contributed by atoms with E-state index in [0.717, 1.165) is 70.6 Å². The summed E-state index contributed by atoms with van der Waals surface area (Å²) in [5.74, 6) is 0.139. The zero-order valence-electron chi connectivity index (χ0n) is 24.0. The van der Waals surface area contributed by atoms with Gasteiger partial charge in [0.2, 0.25) is 5.91 Å². The van der Waals surface area contributed by atoms with Crippen LogP contribution >= 0.6 is 23.1 Å². The Bertz CT molecular complexity index is 1690. The highest BCUT2D eigenvalue weighted by Gasteiger charge is 2.24. The zero-order valence-corrected chi connectivity index (χ0v) is 25.7. The van der Waals surface area contributed by atoms with Crippen LogP contribution in [0.3, 0.4) is 0 Å². The van der Waals surface area contributed by atoms with Crippen molar-refractivity contribution in [3.05, 3.63) is 66.2 Å². The number of carbonyl (C=O) groups excluding carboxylic acids is 3. The molecule has 1 saturated carbocycles. The van der Waals surface area contributed by atoms with Crippen molar-refractivity contribution in [3.63, 3.8) is 0 Å². The highest BCUT2D eigenvalue weighted by atomic mass is 32.2. The maximum atomic E-state index is 14.9. The second-order valence-corrected chi connectivity index (χ2v) is 12.9. The Balaban J connectivity index is 1.07. The molecule has 0 bridgehead atoms. The van der Waals surface area contributed by atoms with E-state index in [1.54, 1.807) is 18.3 Å². The van der Waals surface area contributed by atoms with Crippen molar-refractivity contribution in [2.24, 2.45) is 0 Å². The fourth-order valence-corrected chi connectivity index (χ4v) is 6.37. The van der Waals surface area contributed by atoms with Gasteiger partial charge in [-0.3, -0.25) is 24.5 Å². The number of thiophene rings is 1. The second-order valence-electron chi connectivity index (χ2n) is 10.7. The number of urea groups is 1. The van der Waals surface area contributed by atoms with Gasteiger partial charge in [0.25, 0.3) is 0 Å². The molecular formula is C31H31FN6O4S2. The van der Waals surface area contributed by atoms with Crippen molar-refractivity contribution in [2.75, 3.05) is 37.2 Å². The third-order valence-corrected chi connectivity index (χ3v) is 9.26. The minimum Gasteiger partial charge on any atom is -0.453 e. The lowest BCUT2D eigenvalue weighted by Gasteiger charge is -2.34. The van der Waals surface area contributed by atoms with Crippen LogP contribution in [0, 0.1) is 5.82 Å². The van der Waals surface area contributed by atoms with Gasteiger partial charge in [0.05, 0.1) is 26.5 Å². The molecule has 1 aliphatic carbocycles. The van der Waals surface area contributed by atoms with Gasteiger partial charge in [0.15, 0.2) is 16.7 Å². The number of ether oxygens (including phenoxy) is 1. The lowest BCUT2D eigenvalue weighted by molar-refractivity contribution is -0.130. The molecule has 6 rings (SSSR count). The number of piperazine rings is 1. The van der Waals surface area contributed by atoms with Crippen LogP contribution in [0.2, 0.25) is 0 Å². The molecule has 1 saturated heterocycles. The lowest BCUT2D eigenvalue weighted by atomic mass is 10.2. The fourth-order valence-electron chi connectivity index (χ4n) is 4.81. The molecule has 3 amide bonds. The highest BCUT2D eigenvalue weighted by Crippen LogP contribution is 2.39. The van der Waals surface area contributed by atoms with Gasteiger partial charge in [0.1, 0.15) is 5.75 Å². The number of nitrogens with zero attached hydrogens (tertiary/aromatic N) is 4. The monoisotopic (exact) mass is 634 g/mol. The largest absolute Gasteiger partial charge is 0.453 e. The molecule has 0 radical (unpaired) electrons. The lowest BCUT2D eigenvalue weighted by Crippen LogP contribution is -2.48. The predicted molar refractivity (Wildman–Crippen MR) is 169 cm³/mol. The minimum atomic E-state index is -0.590. The molecule has 4 aromatic rings. The van der Waals surface area contributed by atoms with Crippen molar-refractivity contribution in [1.29, 1.82) is 0 Å². The number of amides is 3. The van der Waals surface area contributed by atoms with Crippen LogP contribution in [-0.4, -0.2) is 74.8 Å². The summed E-state index contributed by atoms with van der Waals surface area (Å²) in [7, 11) is 0. The number of thioether (sulfide) groups is 1. The number of benzene rings is 1. The molecule has 2 fully saturated rings. The van der Waals surface area contributed by atoms with Gasteiger partial charge in [-0.15, -0.1) is 11.3 Å². The second kappa shape index (κ2) is 13.3. The summed E-state index contributed by atoms with van der Waals surface area (Å²) < 4.78 is 21.6. The Hall–Kier alpha value is -4.07. The van der Waals surface area contributed by atoms with E-state index in [-0.39, 0.29) is 34.6 Å². The van der Waals surface area contributed by atoms with E-state index in [0.29, 0.717) is 24.5 Å². The normalized spacial score (nSPS) is 15.3. The van der Waals surface area contributed by atoms with Crippen molar-refractivity contribution < 1.29 is 23.5 Å². The first-order valence-electron chi connectivity index (χ1n) is 14.3. The molecule has 0 spiro atoms. The number of nitrogens with one attached hydrogen (secondary N) is 2. The number of pyridine rings is 2. The summed E-state index contributed by atoms with van der Waals surface area (Å²) in [6.07, 6.45) is 5.42. The highest BCUT2D eigenvalue weighted by molar-refractivity contribution is 8.14. The van der Waals surface area contributed by atoms with Crippen molar-refractivity contribution in [3.8, 4) is 22.1 Å². The van der Waals surface area contributed by atoms with E-state index >= 15 is 0 Å². The number of fused-ring (bicyclic) bond motifs is 1. The van der Waals surface area contributed by atoms with Crippen LogP contribution in [0.1, 0.15) is 25.3 Å². The molecule has 13 heteroatoms. The molecule has 3 aromatic heterocycles. The van der Waals surface area contributed by atoms with Gasteiger partial charge >= 0.3 is 6.03 Å². The molecule has 2 N–H and O–H groups in total. The summed E-state index contributed by atoms with van der Waals surface area (Å²) in [4.78, 5) is 49.6. The molecule has 0 unspecified atom stereocenters. The summed E-state index contributed by atoms with van der Waals surface area (Å²) >= 11 is 2.52. The Morgan fingerprint density at radius 2 is 1.86 bits per heavy atom. The van der Waals surface area contributed by atoms with E-state index in [9.17, 15) is 18.8 Å². The predicted octanol–water partition coefficient (Wildman–Crippen LogP) is 5.50. The van der Waals surface area contributed by atoms with Gasteiger partial charge in [-0.1, -0.05) is 17.8 Å². The molecule has 228 valence electrons. The Morgan fingerprint density at radius 1 is 1.05 bits per heavy atom. The van der Waals surface area contributed by atoms with Crippen LogP contribution in [-0.2, 0) is 16.1 Å². The number of rotatable bonds is 9. The van der Waals surface area contributed by atoms with E-state index in [2.05, 4.69) is 26.6 Å². The molecule has 4 heterocycles. The maximum Gasteiger partial charge on any atom is 0.319 e. The zero-order chi connectivity index (χ0) is 30.6. The smallest absolute Gasteiger partial charge is 0.319 e. The van der Waals surface area contributed by atoms with Gasteiger partial charge in [-0.25, -0.2) is 9.18 Å². The molecule has 44 heavy (non-hydrogen) atoms. The molecule has 1 aromatic carbocycles. The molecular weight excluding hydrogens is 604 g/mol. The number of anilines is 1. The van der Waals surface area contributed by atoms with E-state index in [1.807, 2.05) is 23.2 Å². The van der Waals surface area contributed by atoms with Crippen molar-refractivity contribution in [2.45, 2.75) is 32.4 Å². The summed E-state index contributed by atoms with van der Waals surface area (Å²) in [6, 6.07) is 11.9. The topological polar surface area (TPSA) is 117 Å².